The van der Waals surface area contributed by atoms with E-state index in [0.29, 0.717) is 33.8 Å². The van der Waals surface area contributed by atoms with Gasteiger partial charge >= 0.3 is 0 Å². The number of hydrogen-bond acceptors (Lipinski definition) is 4. The van der Waals surface area contributed by atoms with Crippen LogP contribution in [0.3, 0.4) is 0 Å². The molecule has 3 aromatic carbocycles. The molecule has 0 radical (unpaired) electrons. The van der Waals surface area contributed by atoms with Crippen LogP contribution in [0.25, 0.3) is 0 Å². The minimum atomic E-state index is -0.299. The van der Waals surface area contributed by atoms with Crippen LogP contribution in [-0.4, -0.2) is 18.8 Å². The second-order valence-corrected chi connectivity index (χ2v) is 5.69. The number of methoxy groups -OCH3 is 1. The van der Waals surface area contributed by atoms with Gasteiger partial charge in [0.05, 0.1) is 12.8 Å². The number of amides is 1. The van der Waals surface area contributed by atoms with Gasteiger partial charge in [-0.25, -0.2) is 0 Å². The predicted molar refractivity (Wildman–Crippen MR) is 102 cm³/mol. The lowest BCUT2D eigenvalue weighted by Gasteiger charge is -2.11. The molecule has 3 rings (SSSR count). The van der Waals surface area contributed by atoms with Gasteiger partial charge in [0, 0.05) is 28.4 Å². The fraction of sp³-hybridized carbons (Fsp3) is 0.0476. The molecule has 0 spiro atoms. The first-order chi connectivity index (χ1) is 12.6. The standard InChI is InChI=1S/C21H18N2O3/c1-26-19-13-17(22)11-12-18(19)23-21(25)16-9-7-15(8-10-16)20(24)14-5-3-2-4-6-14/h2-13H,22H2,1H3,(H,23,25). The number of nitrogen functional groups attached to an aromatic ring is 1. The van der Waals surface area contributed by atoms with Gasteiger partial charge in [0.25, 0.3) is 5.91 Å². The molecule has 0 aliphatic rings. The van der Waals surface area contributed by atoms with Crippen LogP contribution in [0, 0.1) is 0 Å². The maximum Gasteiger partial charge on any atom is 0.255 e. The smallest absolute Gasteiger partial charge is 0.255 e. The van der Waals surface area contributed by atoms with Crippen molar-refractivity contribution in [2.45, 2.75) is 0 Å². The Hall–Kier alpha value is -3.60. The van der Waals surface area contributed by atoms with E-state index >= 15 is 0 Å². The largest absolute Gasteiger partial charge is 0.494 e. The monoisotopic (exact) mass is 346 g/mol. The molecule has 1 amide bonds. The number of nitrogens with one attached hydrogen (secondary N) is 1. The van der Waals surface area contributed by atoms with Crippen LogP contribution in [-0.2, 0) is 0 Å². The Morgan fingerprint density at radius 2 is 1.46 bits per heavy atom. The van der Waals surface area contributed by atoms with Crippen molar-refractivity contribution in [3.8, 4) is 5.75 Å². The average molecular weight is 346 g/mol. The van der Waals surface area contributed by atoms with Crippen molar-refractivity contribution >= 4 is 23.1 Å². The topological polar surface area (TPSA) is 81.4 Å². The number of ketones is 1. The normalized spacial score (nSPS) is 10.2. The second kappa shape index (κ2) is 7.53. The highest BCUT2D eigenvalue weighted by atomic mass is 16.5. The SMILES string of the molecule is COc1cc(N)ccc1NC(=O)c1ccc(C(=O)c2ccccc2)cc1. The summed E-state index contributed by atoms with van der Waals surface area (Å²) in [6.45, 7) is 0. The highest BCUT2D eigenvalue weighted by molar-refractivity contribution is 6.10. The molecule has 0 saturated carbocycles. The van der Waals surface area contributed by atoms with Gasteiger partial charge in [-0.15, -0.1) is 0 Å². The molecule has 130 valence electrons. The van der Waals surface area contributed by atoms with Crippen LogP contribution in [0.1, 0.15) is 26.3 Å². The lowest BCUT2D eigenvalue weighted by Crippen LogP contribution is -2.13. The molecule has 5 nitrogen and oxygen atoms in total. The van der Waals surface area contributed by atoms with Crippen molar-refractivity contribution in [2.75, 3.05) is 18.2 Å². The van der Waals surface area contributed by atoms with E-state index in [1.165, 1.54) is 7.11 Å². The molecule has 0 heterocycles. The molecule has 0 aromatic heterocycles. The van der Waals surface area contributed by atoms with Gasteiger partial charge in [-0.2, -0.15) is 0 Å². The maximum absolute atomic E-state index is 12.4. The number of rotatable bonds is 5. The minimum absolute atomic E-state index is 0.0854. The Morgan fingerprint density at radius 3 is 2.12 bits per heavy atom. The number of benzene rings is 3. The first-order valence-electron chi connectivity index (χ1n) is 8.03. The van der Waals surface area contributed by atoms with Crippen molar-refractivity contribution in [1.82, 2.24) is 0 Å². The van der Waals surface area contributed by atoms with Gasteiger partial charge in [-0.1, -0.05) is 42.5 Å². The summed E-state index contributed by atoms with van der Waals surface area (Å²) in [5, 5.41) is 2.78. The third-order valence-corrected chi connectivity index (χ3v) is 3.92. The van der Waals surface area contributed by atoms with E-state index in [1.54, 1.807) is 54.6 Å². The van der Waals surface area contributed by atoms with E-state index in [9.17, 15) is 9.59 Å². The molecule has 0 bridgehead atoms. The lowest BCUT2D eigenvalue weighted by molar-refractivity contribution is 0.102. The average Bonchev–Trinajstić information content (AvgIpc) is 2.69. The van der Waals surface area contributed by atoms with Crippen LogP contribution >= 0.6 is 0 Å². The maximum atomic E-state index is 12.4. The Kier molecular flexibility index (Phi) is 4.99. The first kappa shape index (κ1) is 17.2. The summed E-state index contributed by atoms with van der Waals surface area (Å²) in [5.74, 6) is 0.0961. The quantitative estimate of drug-likeness (QED) is 0.544. The van der Waals surface area contributed by atoms with Gasteiger partial charge in [0.2, 0.25) is 0 Å². The van der Waals surface area contributed by atoms with Crippen molar-refractivity contribution in [1.29, 1.82) is 0 Å². The number of anilines is 2. The molecule has 0 saturated heterocycles. The molecule has 0 fully saturated rings. The highest BCUT2D eigenvalue weighted by Crippen LogP contribution is 2.27. The molecular formula is C21H18N2O3. The number of carbonyl (C=O) groups is 2. The van der Waals surface area contributed by atoms with Gasteiger partial charge in [-0.3, -0.25) is 9.59 Å². The summed E-state index contributed by atoms with van der Waals surface area (Å²) in [5.41, 5.74) is 8.35. The molecule has 5 heteroatoms. The summed E-state index contributed by atoms with van der Waals surface area (Å²) in [4.78, 5) is 24.8. The summed E-state index contributed by atoms with van der Waals surface area (Å²) in [7, 11) is 1.51. The highest BCUT2D eigenvalue weighted by Gasteiger charge is 2.12. The molecule has 0 aliphatic carbocycles. The Bertz CT molecular complexity index is 935. The zero-order valence-electron chi connectivity index (χ0n) is 14.2. The molecular weight excluding hydrogens is 328 g/mol. The molecule has 0 unspecified atom stereocenters. The molecule has 3 N–H and O–H groups in total. The predicted octanol–water partition coefficient (Wildman–Crippen LogP) is 3.76. The van der Waals surface area contributed by atoms with E-state index in [1.807, 2.05) is 18.2 Å². The van der Waals surface area contributed by atoms with Crippen LogP contribution in [0.15, 0.2) is 72.8 Å². The summed E-state index contributed by atoms with van der Waals surface area (Å²) in [6.07, 6.45) is 0. The number of carbonyl (C=O) groups excluding carboxylic acids is 2. The summed E-state index contributed by atoms with van der Waals surface area (Å²) in [6, 6.07) is 20.5. The lowest BCUT2D eigenvalue weighted by atomic mass is 10.0. The molecule has 0 aliphatic heterocycles. The number of ether oxygens (including phenoxy) is 1. The number of nitrogens with two attached hydrogens (primary N) is 1. The van der Waals surface area contributed by atoms with Crippen molar-refractivity contribution in [3.63, 3.8) is 0 Å². The van der Waals surface area contributed by atoms with E-state index in [0.717, 1.165) is 0 Å². The molecule has 3 aromatic rings. The van der Waals surface area contributed by atoms with Crippen LogP contribution in [0.2, 0.25) is 0 Å². The summed E-state index contributed by atoms with van der Waals surface area (Å²) < 4.78 is 5.22. The Morgan fingerprint density at radius 1 is 0.846 bits per heavy atom. The van der Waals surface area contributed by atoms with Crippen molar-refractivity contribution in [2.24, 2.45) is 0 Å². The van der Waals surface area contributed by atoms with E-state index < -0.39 is 0 Å². The molecule has 26 heavy (non-hydrogen) atoms. The third-order valence-electron chi connectivity index (χ3n) is 3.92. The third kappa shape index (κ3) is 3.72. The van der Waals surface area contributed by atoms with Crippen LogP contribution < -0.4 is 15.8 Å². The van der Waals surface area contributed by atoms with Gasteiger partial charge < -0.3 is 15.8 Å². The van der Waals surface area contributed by atoms with E-state index in [4.69, 9.17) is 10.5 Å². The van der Waals surface area contributed by atoms with E-state index in [-0.39, 0.29) is 11.7 Å². The fourth-order valence-electron chi connectivity index (χ4n) is 2.53. The van der Waals surface area contributed by atoms with E-state index in [2.05, 4.69) is 5.32 Å². The van der Waals surface area contributed by atoms with Gasteiger partial charge in [0.15, 0.2) is 5.78 Å². The van der Waals surface area contributed by atoms with Crippen LogP contribution in [0.4, 0.5) is 11.4 Å². The fourth-order valence-corrected chi connectivity index (χ4v) is 2.53. The Balaban J connectivity index is 1.76. The number of hydrogen-bond donors (Lipinski definition) is 2. The zero-order valence-corrected chi connectivity index (χ0v) is 14.2. The van der Waals surface area contributed by atoms with Gasteiger partial charge in [0.1, 0.15) is 5.75 Å². The van der Waals surface area contributed by atoms with Crippen LogP contribution in [0.5, 0.6) is 5.75 Å². The minimum Gasteiger partial charge on any atom is -0.494 e. The molecule has 0 atom stereocenters. The van der Waals surface area contributed by atoms with Crippen molar-refractivity contribution < 1.29 is 14.3 Å². The van der Waals surface area contributed by atoms with Crippen molar-refractivity contribution in [3.05, 3.63) is 89.5 Å². The second-order valence-electron chi connectivity index (χ2n) is 5.69. The van der Waals surface area contributed by atoms with Gasteiger partial charge in [-0.05, 0) is 24.3 Å². The summed E-state index contributed by atoms with van der Waals surface area (Å²) >= 11 is 0. The first-order valence-corrected chi connectivity index (χ1v) is 8.03. The Labute approximate surface area is 151 Å². The zero-order chi connectivity index (χ0) is 18.5.